The molecule has 0 aromatic heterocycles. The average Bonchev–Trinajstić information content (AvgIpc) is 3.34. The normalized spacial score (nSPS) is 14.4. The summed E-state index contributed by atoms with van der Waals surface area (Å²) in [5.41, 5.74) is 3.85. The van der Waals surface area contributed by atoms with Gasteiger partial charge in [0.2, 0.25) is 0 Å². The largest absolute Gasteiger partial charge is 0.465 e. The molecule has 132 valence electrons. The molecule has 1 aliphatic rings. The Kier molecular flexibility index (Phi) is 5.68. The van der Waals surface area contributed by atoms with Gasteiger partial charge in [0.15, 0.2) is 0 Å². The molecule has 0 amide bonds. The quantitative estimate of drug-likeness (QED) is 0.712. The smallest absolute Gasteiger partial charge is 0.314 e. The van der Waals surface area contributed by atoms with Gasteiger partial charge in [-0.05, 0) is 75.6 Å². The molecule has 1 aromatic rings. The predicted octanol–water partition coefficient (Wildman–Crippen LogP) is 3.86. The van der Waals surface area contributed by atoms with E-state index in [1.807, 2.05) is 13.8 Å². The molecule has 1 saturated carbocycles. The second kappa shape index (κ2) is 7.37. The molecule has 0 atom stereocenters. The van der Waals surface area contributed by atoms with E-state index in [2.05, 4.69) is 12.1 Å². The molecule has 0 saturated heterocycles. The Balaban J connectivity index is 1.96. The first-order valence-electron chi connectivity index (χ1n) is 8.67. The summed E-state index contributed by atoms with van der Waals surface area (Å²) in [6, 6.07) is 4.38. The predicted molar refractivity (Wildman–Crippen MR) is 93.0 cm³/mol. The van der Waals surface area contributed by atoms with Crippen molar-refractivity contribution < 1.29 is 19.1 Å². The number of hydrogen-bond acceptors (Lipinski definition) is 4. The Hall–Kier alpha value is -1.84. The van der Waals surface area contributed by atoms with Gasteiger partial charge in [-0.2, -0.15) is 0 Å². The highest BCUT2D eigenvalue weighted by molar-refractivity contribution is 5.77. The van der Waals surface area contributed by atoms with E-state index < -0.39 is 5.41 Å². The summed E-state index contributed by atoms with van der Waals surface area (Å²) < 4.78 is 10.3. The highest BCUT2D eigenvalue weighted by Crippen LogP contribution is 2.41. The van der Waals surface area contributed by atoms with Crippen molar-refractivity contribution in [1.82, 2.24) is 0 Å². The van der Waals surface area contributed by atoms with Crippen LogP contribution in [0.3, 0.4) is 0 Å². The van der Waals surface area contributed by atoms with Gasteiger partial charge in [0.05, 0.1) is 18.4 Å². The summed E-state index contributed by atoms with van der Waals surface area (Å²) in [5.74, 6) is 0.0467. The van der Waals surface area contributed by atoms with Crippen molar-refractivity contribution in [1.29, 1.82) is 0 Å². The van der Waals surface area contributed by atoms with Crippen molar-refractivity contribution >= 4 is 11.9 Å². The lowest BCUT2D eigenvalue weighted by molar-refractivity contribution is -0.160. The zero-order chi connectivity index (χ0) is 17.9. The number of aryl methyl sites for hydroxylation is 2. The van der Waals surface area contributed by atoms with Crippen LogP contribution in [-0.4, -0.2) is 25.2 Å². The van der Waals surface area contributed by atoms with Crippen molar-refractivity contribution in [2.45, 2.75) is 59.8 Å². The summed E-state index contributed by atoms with van der Waals surface area (Å²) in [7, 11) is 0. The third-order valence-electron chi connectivity index (χ3n) is 4.51. The van der Waals surface area contributed by atoms with Gasteiger partial charge >= 0.3 is 11.9 Å². The minimum Gasteiger partial charge on any atom is -0.465 e. The molecular weight excluding hydrogens is 304 g/mol. The van der Waals surface area contributed by atoms with E-state index in [4.69, 9.17) is 9.47 Å². The third-order valence-corrected chi connectivity index (χ3v) is 4.51. The first-order valence-corrected chi connectivity index (χ1v) is 8.67. The molecule has 0 spiro atoms. The lowest BCUT2D eigenvalue weighted by Crippen LogP contribution is -2.33. The SMILES string of the molecule is CCOC(=O)C(C)(C)COC(=O)Cc1c(C)cc(C2CC2)cc1C. The van der Waals surface area contributed by atoms with E-state index in [0.717, 1.165) is 16.7 Å². The summed E-state index contributed by atoms with van der Waals surface area (Å²) in [4.78, 5) is 24.0. The van der Waals surface area contributed by atoms with Gasteiger partial charge in [-0.15, -0.1) is 0 Å². The Bertz CT molecular complexity index is 604. The van der Waals surface area contributed by atoms with Crippen LogP contribution in [0.2, 0.25) is 0 Å². The van der Waals surface area contributed by atoms with E-state index in [0.29, 0.717) is 12.5 Å². The van der Waals surface area contributed by atoms with Crippen LogP contribution in [0.5, 0.6) is 0 Å². The van der Waals surface area contributed by atoms with Crippen molar-refractivity contribution in [3.8, 4) is 0 Å². The fourth-order valence-corrected chi connectivity index (χ4v) is 2.80. The van der Waals surface area contributed by atoms with Crippen LogP contribution in [0.25, 0.3) is 0 Å². The Labute approximate surface area is 144 Å². The number of benzene rings is 1. The minimum absolute atomic E-state index is 0.0307. The van der Waals surface area contributed by atoms with Crippen LogP contribution in [-0.2, 0) is 25.5 Å². The highest BCUT2D eigenvalue weighted by Gasteiger charge is 2.31. The zero-order valence-corrected chi connectivity index (χ0v) is 15.4. The number of carbonyl (C=O) groups excluding carboxylic acids is 2. The monoisotopic (exact) mass is 332 g/mol. The average molecular weight is 332 g/mol. The van der Waals surface area contributed by atoms with Crippen LogP contribution in [0.15, 0.2) is 12.1 Å². The van der Waals surface area contributed by atoms with Gasteiger partial charge in [0.25, 0.3) is 0 Å². The van der Waals surface area contributed by atoms with Gasteiger partial charge in [-0.1, -0.05) is 12.1 Å². The fraction of sp³-hybridized carbons (Fsp3) is 0.600. The Morgan fingerprint density at radius 1 is 1.12 bits per heavy atom. The molecule has 0 aliphatic heterocycles. The summed E-state index contributed by atoms with van der Waals surface area (Å²) in [6.07, 6.45) is 2.77. The molecule has 24 heavy (non-hydrogen) atoms. The van der Waals surface area contributed by atoms with Crippen LogP contribution in [0.4, 0.5) is 0 Å². The van der Waals surface area contributed by atoms with Crippen LogP contribution < -0.4 is 0 Å². The van der Waals surface area contributed by atoms with Crippen molar-refractivity contribution in [3.05, 3.63) is 34.4 Å². The topological polar surface area (TPSA) is 52.6 Å². The number of esters is 2. The fourth-order valence-electron chi connectivity index (χ4n) is 2.80. The molecule has 1 fully saturated rings. The summed E-state index contributed by atoms with van der Waals surface area (Å²) in [5, 5.41) is 0. The maximum atomic E-state index is 12.2. The Morgan fingerprint density at radius 2 is 1.71 bits per heavy atom. The molecular formula is C20H28O4. The number of hydrogen-bond donors (Lipinski definition) is 0. The van der Waals surface area contributed by atoms with E-state index in [-0.39, 0.29) is 25.0 Å². The van der Waals surface area contributed by atoms with Gasteiger partial charge in [-0.3, -0.25) is 9.59 Å². The Morgan fingerprint density at radius 3 is 2.21 bits per heavy atom. The standard InChI is InChI=1S/C20H28O4/c1-6-23-19(22)20(4,5)12-24-18(21)11-17-13(2)9-16(10-14(17)3)15-7-8-15/h9-10,15H,6-8,11-12H2,1-5H3. The van der Waals surface area contributed by atoms with Crippen LogP contribution in [0.1, 0.15) is 61.8 Å². The van der Waals surface area contributed by atoms with Crippen molar-refractivity contribution in [3.63, 3.8) is 0 Å². The lowest BCUT2D eigenvalue weighted by Gasteiger charge is -2.22. The van der Waals surface area contributed by atoms with E-state index in [1.54, 1.807) is 20.8 Å². The number of ether oxygens (including phenoxy) is 2. The molecule has 4 heteroatoms. The molecule has 0 N–H and O–H groups in total. The first kappa shape index (κ1) is 18.5. The molecule has 0 unspecified atom stereocenters. The third kappa shape index (κ3) is 4.59. The number of rotatable bonds is 7. The summed E-state index contributed by atoms with van der Waals surface area (Å²) in [6.45, 7) is 9.65. The minimum atomic E-state index is -0.828. The van der Waals surface area contributed by atoms with Crippen molar-refractivity contribution in [2.24, 2.45) is 5.41 Å². The van der Waals surface area contributed by atoms with Gasteiger partial charge in [0.1, 0.15) is 6.61 Å². The van der Waals surface area contributed by atoms with E-state index in [1.165, 1.54) is 18.4 Å². The van der Waals surface area contributed by atoms with E-state index >= 15 is 0 Å². The molecule has 0 heterocycles. The molecule has 0 radical (unpaired) electrons. The maximum Gasteiger partial charge on any atom is 0.314 e. The van der Waals surface area contributed by atoms with Gasteiger partial charge in [-0.25, -0.2) is 0 Å². The second-order valence-corrected chi connectivity index (χ2v) is 7.35. The summed E-state index contributed by atoms with van der Waals surface area (Å²) >= 11 is 0. The molecule has 1 aromatic carbocycles. The molecule has 1 aliphatic carbocycles. The lowest BCUT2D eigenvalue weighted by atomic mass is 9.94. The second-order valence-electron chi connectivity index (χ2n) is 7.35. The maximum absolute atomic E-state index is 12.2. The van der Waals surface area contributed by atoms with Gasteiger partial charge in [0, 0.05) is 0 Å². The number of carbonyl (C=O) groups is 2. The van der Waals surface area contributed by atoms with Gasteiger partial charge < -0.3 is 9.47 Å². The highest BCUT2D eigenvalue weighted by atomic mass is 16.6. The van der Waals surface area contributed by atoms with Crippen LogP contribution in [0, 0.1) is 19.3 Å². The molecule has 0 bridgehead atoms. The van der Waals surface area contributed by atoms with Crippen LogP contribution >= 0.6 is 0 Å². The van der Waals surface area contributed by atoms with Crippen molar-refractivity contribution in [2.75, 3.05) is 13.2 Å². The van der Waals surface area contributed by atoms with E-state index in [9.17, 15) is 9.59 Å². The molecule has 2 rings (SSSR count). The molecule has 4 nitrogen and oxygen atoms in total. The zero-order valence-electron chi connectivity index (χ0n) is 15.4. The first-order chi connectivity index (χ1) is 11.2.